The number of allylic oxidation sites excluding steroid dienone is 2. The van der Waals surface area contributed by atoms with Crippen LogP contribution < -0.4 is 3.07 Å². The van der Waals surface area contributed by atoms with Crippen LogP contribution in [0.5, 0.6) is 0 Å². The maximum absolute atomic E-state index is 10.3. The Morgan fingerprint density at radius 1 is 0.815 bits per heavy atom. The number of carboxylic acids is 1. The van der Waals surface area contributed by atoms with Crippen LogP contribution in [-0.4, -0.2) is 11.1 Å². The third kappa shape index (κ3) is 23.3. The van der Waals surface area contributed by atoms with Gasteiger partial charge in [-0.25, -0.2) is 0 Å². The molecule has 0 fully saturated rings. The van der Waals surface area contributed by atoms with Crippen molar-refractivity contribution in [1.82, 2.24) is 0 Å². The molecule has 0 aliphatic carbocycles. The molecule has 0 aliphatic rings. The molecule has 0 bridgehead atoms. The summed E-state index contributed by atoms with van der Waals surface area (Å²) >= 11 is 0.810. The number of carboxylic acid groups (broad SMARTS) is 1. The third-order valence-electron chi connectivity index (χ3n) is 4.50. The Labute approximate surface area is 183 Å². The fourth-order valence-corrected chi connectivity index (χ4v) is 3.88. The molecule has 0 saturated heterocycles. The van der Waals surface area contributed by atoms with Crippen molar-refractivity contribution in [3.63, 3.8) is 0 Å². The van der Waals surface area contributed by atoms with Gasteiger partial charge in [0.1, 0.15) is 0 Å². The molecule has 1 rings (SSSR count). The first kappa shape index (κ1) is 26.4. The Kier molecular flexibility index (Phi) is 21.2. The van der Waals surface area contributed by atoms with Gasteiger partial charge in [-0.15, -0.1) is 0 Å². The summed E-state index contributed by atoms with van der Waals surface area (Å²) in [6, 6.07) is 10.6. The van der Waals surface area contributed by atoms with Gasteiger partial charge in [-0.05, 0) is 32.1 Å². The van der Waals surface area contributed by atoms with Crippen LogP contribution in [0.25, 0.3) is 0 Å². The maximum atomic E-state index is 10.3. The Morgan fingerprint density at radius 2 is 1.30 bits per heavy atom. The summed E-state index contributed by atoms with van der Waals surface area (Å²) in [5.74, 6) is -0.664. The van der Waals surface area contributed by atoms with Crippen LogP contribution in [0.4, 0.5) is 0 Å². The van der Waals surface area contributed by atoms with Crippen molar-refractivity contribution in [1.29, 1.82) is 0 Å². The molecule has 3 heteroatoms. The summed E-state index contributed by atoms with van der Waals surface area (Å²) in [7, 11) is 0. The van der Waals surface area contributed by atoms with Crippen molar-refractivity contribution >= 4 is 9.04 Å². The number of aliphatic carboxylic acids is 1. The zero-order valence-corrected chi connectivity index (χ0v) is 23.0. The van der Waals surface area contributed by atoms with Crippen LogP contribution in [0.2, 0.25) is 0 Å². The predicted molar refractivity (Wildman–Crippen MR) is 113 cm³/mol. The topological polar surface area (TPSA) is 37.3 Å². The number of rotatable bonds is 15. The van der Waals surface area contributed by atoms with E-state index in [1.54, 1.807) is 0 Å². The average molecular weight is 560 g/mol. The van der Waals surface area contributed by atoms with Gasteiger partial charge in [-0.3, -0.25) is 4.79 Å². The standard InChI is InChI=1S/C18H34O2.C6H5.Hg/c1-2-3-4-5-6-7-8-9-10-11-12-13-14-15-16-17-18(19)20;1-2-4-6-5-3-1;/h9-10H,2-8,11-17H2,1H3,(H,19,20);1-5H;/b10-9+;;. The molecule has 0 spiro atoms. The van der Waals surface area contributed by atoms with Crippen molar-refractivity contribution in [3.8, 4) is 0 Å². The molecule has 149 valence electrons. The van der Waals surface area contributed by atoms with E-state index in [0.29, 0.717) is 6.42 Å². The first-order chi connectivity index (χ1) is 13.2. The predicted octanol–water partition coefficient (Wildman–Crippen LogP) is 6.97. The van der Waals surface area contributed by atoms with E-state index in [2.05, 4.69) is 49.4 Å². The third-order valence-corrected chi connectivity index (χ3v) is 6.33. The second-order valence-corrected chi connectivity index (χ2v) is 10.4. The summed E-state index contributed by atoms with van der Waals surface area (Å²) < 4.78 is 1.52. The average Bonchev–Trinajstić information content (AvgIpc) is 2.66. The summed E-state index contributed by atoms with van der Waals surface area (Å²) in [5.41, 5.74) is 0. The van der Waals surface area contributed by atoms with Crippen LogP contribution in [0.15, 0.2) is 42.5 Å². The SMILES string of the molecule is CCCCCCCC/C=C/CCCCCCCC(=O)O.[Hg][c]1ccccc1. The van der Waals surface area contributed by atoms with Crippen molar-refractivity contribution in [2.75, 3.05) is 0 Å². The van der Waals surface area contributed by atoms with E-state index in [-0.39, 0.29) is 0 Å². The molecule has 0 amide bonds. The van der Waals surface area contributed by atoms with Gasteiger partial charge in [0.15, 0.2) is 0 Å². The number of hydrogen-bond donors (Lipinski definition) is 1. The molecule has 1 aromatic carbocycles. The second-order valence-electron chi connectivity index (χ2n) is 7.21. The van der Waals surface area contributed by atoms with Gasteiger partial charge in [0.05, 0.1) is 0 Å². The van der Waals surface area contributed by atoms with Crippen molar-refractivity contribution in [2.24, 2.45) is 0 Å². The van der Waals surface area contributed by atoms with Crippen LogP contribution in [-0.2, 0) is 30.9 Å². The molecular weight excluding hydrogens is 521 g/mol. The fraction of sp³-hybridized carbons (Fsp3) is 0.625. The van der Waals surface area contributed by atoms with Crippen LogP contribution in [0.1, 0.15) is 96.8 Å². The van der Waals surface area contributed by atoms with E-state index in [1.165, 1.54) is 73.7 Å². The Bertz CT molecular complexity index is 457. The molecule has 0 heterocycles. The zero-order valence-electron chi connectivity index (χ0n) is 17.5. The van der Waals surface area contributed by atoms with Gasteiger partial charge in [0.25, 0.3) is 0 Å². The molecule has 27 heavy (non-hydrogen) atoms. The summed E-state index contributed by atoms with van der Waals surface area (Å²) in [6.45, 7) is 2.26. The number of carbonyl (C=O) groups is 1. The minimum absolute atomic E-state index is 0.332. The monoisotopic (exact) mass is 561 g/mol. The van der Waals surface area contributed by atoms with E-state index < -0.39 is 5.97 Å². The molecule has 0 unspecified atom stereocenters. The molecule has 1 aromatic rings. The minimum atomic E-state index is -0.664. The summed E-state index contributed by atoms with van der Waals surface area (Å²) in [5, 5.41) is 8.51. The molecule has 0 radical (unpaired) electrons. The molecule has 2 nitrogen and oxygen atoms in total. The van der Waals surface area contributed by atoms with Crippen molar-refractivity contribution in [2.45, 2.75) is 96.8 Å². The van der Waals surface area contributed by atoms with Gasteiger partial charge in [0.2, 0.25) is 0 Å². The molecule has 0 saturated carbocycles. The van der Waals surface area contributed by atoms with Gasteiger partial charge in [-0.1, -0.05) is 70.4 Å². The van der Waals surface area contributed by atoms with E-state index in [0.717, 1.165) is 39.0 Å². The second kappa shape index (κ2) is 21.7. The molecular formula is C24H39HgO2. The summed E-state index contributed by atoms with van der Waals surface area (Å²) in [6.07, 6.45) is 21.2. The number of hydrogen-bond acceptors (Lipinski definition) is 1. The molecule has 0 atom stereocenters. The van der Waals surface area contributed by atoms with Crippen LogP contribution in [0.3, 0.4) is 0 Å². The van der Waals surface area contributed by atoms with Crippen LogP contribution in [0, 0.1) is 0 Å². The van der Waals surface area contributed by atoms with Crippen molar-refractivity contribution < 1.29 is 36.0 Å². The molecule has 0 aromatic heterocycles. The first-order valence-corrected chi connectivity index (χ1v) is 13.7. The van der Waals surface area contributed by atoms with Crippen molar-refractivity contribution in [3.05, 3.63) is 42.5 Å². The van der Waals surface area contributed by atoms with Gasteiger partial charge in [0, 0.05) is 6.42 Å². The number of unbranched alkanes of at least 4 members (excludes halogenated alkanes) is 11. The normalized spacial score (nSPS) is 10.6. The van der Waals surface area contributed by atoms with E-state index >= 15 is 0 Å². The molecule has 0 aliphatic heterocycles. The van der Waals surface area contributed by atoms with Gasteiger partial charge in [-0.2, -0.15) is 0 Å². The van der Waals surface area contributed by atoms with E-state index in [4.69, 9.17) is 5.11 Å². The van der Waals surface area contributed by atoms with E-state index in [9.17, 15) is 4.79 Å². The first-order valence-electron chi connectivity index (χ1n) is 10.9. The Balaban J connectivity index is 0.000000797. The number of benzene rings is 1. The van der Waals surface area contributed by atoms with E-state index in [1.807, 2.05) is 0 Å². The quantitative estimate of drug-likeness (QED) is 0.143. The fourth-order valence-electron chi connectivity index (χ4n) is 2.82. The Morgan fingerprint density at radius 3 is 1.74 bits per heavy atom. The van der Waals surface area contributed by atoms with Gasteiger partial charge < -0.3 is 5.11 Å². The molecule has 1 N–H and O–H groups in total. The zero-order chi connectivity index (χ0) is 20.0. The Hall–Kier alpha value is -0.635. The summed E-state index contributed by atoms with van der Waals surface area (Å²) in [4.78, 5) is 10.3. The van der Waals surface area contributed by atoms with Gasteiger partial charge >= 0.3 is 65.5 Å². The van der Waals surface area contributed by atoms with Crippen LogP contribution >= 0.6 is 0 Å².